The van der Waals surface area contributed by atoms with Crippen LogP contribution < -0.4 is 10.2 Å². The van der Waals surface area contributed by atoms with Crippen LogP contribution in [0.4, 0.5) is 5.69 Å². The number of carbonyl (C=O) groups is 2. The highest BCUT2D eigenvalue weighted by molar-refractivity contribution is 5.95. The second-order valence-electron chi connectivity index (χ2n) is 5.39. The average Bonchev–Trinajstić information content (AvgIpc) is 2.46. The van der Waals surface area contributed by atoms with Crippen LogP contribution in [0.15, 0.2) is 18.2 Å². The number of nitrogens with one attached hydrogen (secondary N) is 1. The highest BCUT2D eigenvalue weighted by Crippen LogP contribution is 2.25. The molecule has 2 rings (SSSR count). The molecule has 1 saturated heterocycles. The van der Waals surface area contributed by atoms with Gasteiger partial charge in [0.2, 0.25) is 5.91 Å². The van der Waals surface area contributed by atoms with Gasteiger partial charge in [-0.3, -0.25) is 9.59 Å². The Balaban J connectivity index is 2.27. The first-order valence-corrected chi connectivity index (χ1v) is 7.08. The monoisotopic (exact) mass is 285 g/mol. The van der Waals surface area contributed by atoms with E-state index in [-0.39, 0.29) is 17.7 Å². The molecule has 5 nitrogen and oxygen atoms in total. The zero-order chi connectivity index (χ0) is 15.4. The van der Waals surface area contributed by atoms with Gasteiger partial charge in [-0.15, -0.1) is 0 Å². The van der Waals surface area contributed by atoms with E-state index in [9.17, 15) is 14.9 Å². The molecule has 1 aliphatic heterocycles. The molecular formula is C16H19N3O2. The Morgan fingerprint density at radius 1 is 1.38 bits per heavy atom. The molecule has 0 spiro atoms. The van der Waals surface area contributed by atoms with Crippen molar-refractivity contribution in [3.8, 4) is 6.07 Å². The summed E-state index contributed by atoms with van der Waals surface area (Å²) in [4.78, 5) is 24.8. The number of carbonyl (C=O) groups excluding carboxylic acids is 2. The van der Waals surface area contributed by atoms with Crippen LogP contribution in [0.2, 0.25) is 0 Å². The summed E-state index contributed by atoms with van der Waals surface area (Å²) in [6.07, 6.45) is 1.88. The highest BCUT2D eigenvalue weighted by atomic mass is 16.1. The summed E-state index contributed by atoms with van der Waals surface area (Å²) in [7, 11) is 0. The summed E-state index contributed by atoms with van der Waals surface area (Å²) in [6, 6.07) is 7.40. The van der Waals surface area contributed by atoms with Crippen molar-refractivity contribution in [1.82, 2.24) is 5.32 Å². The third-order valence-corrected chi connectivity index (χ3v) is 3.69. The number of ketones is 1. The summed E-state index contributed by atoms with van der Waals surface area (Å²) in [6.45, 7) is 4.51. The van der Waals surface area contributed by atoms with Crippen LogP contribution >= 0.6 is 0 Å². The highest BCUT2D eigenvalue weighted by Gasteiger charge is 2.23. The number of anilines is 1. The van der Waals surface area contributed by atoms with Gasteiger partial charge in [0.05, 0.1) is 11.3 Å². The van der Waals surface area contributed by atoms with E-state index in [2.05, 4.69) is 16.3 Å². The van der Waals surface area contributed by atoms with Crippen molar-refractivity contribution in [3.05, 3.63) is 29.3 Å². The first-order valence-electron chi connectivity index (χ1n) is 7.08. The van der Waals surface area contributed by atoms with Gasteiger partial charge in [0.1, 0.15) is 6.07 Å². The first-order chi connectivity index (χ1) is 10.0. The summed E-state index contributed by atoms with van der Waals surface area (Å²) in [5.74, 6) is -0.0593. The number of piperidine rings is 1. The number of rotatable bonds is 3. The normalized spacial score (nSPS) is 18.0. The number of nitrogens with zero attached hydrogens (tertiary/aromatic N) is 2. The second-order valence-corrected chi connectivity index (χ2v) is 5.39. The number of hydrogen-bond acceptors (Lipinski definition) is 4. The molecule has 1 aromatic rings. The van der Waals surface area contributed by atoms with Gasteiger partial charge in [0, 0.05) is 31.6 Å². The molecule has 1 atom stereocenters. The van der Waals surface area contributed by atoms with Gasteiger partial charge in [0.15, 0.2) is 5.78 Å². The van der Waals surface area contributed by atoms with E-state index in [1.165, 1.54) is 13.8 Å². The van der Waals surface area contributed by atoms with E-state index >= 15 is 0 Å². The van der Waals surface area contributed by atoms with Gasteiger partial charge in [-0.05, 0) is 38.0 Å². The first kappa shape index (κ1) is 15.0. The molecule has 110 valence electrons. The maximum absolute atomic E-state index is 11.5. The fourth-order valence-corrected chi connectivity index (χ4v) is 2.71. The predicted octanol–water partition coefficient (Wildman–Crippen LogP) is 1.87. The summed E-state index contributed by atoms with van der Waals surface area (Å²) < 4.78 is 0. The maximum atomic E-state index is 11.5. The molecule has 0 aromatic heterocycles. The van der Waals surface area contributed by atoms with Gasteiger partial charge in [-0.25, -0.2) is 0 Å². The molecule has 1 N–H and O–H groups in total. The van der Waals surface area contributed by atoms with Crippen LogP contribution in [0.5, 0.6) is 0 Å². The largest absolute Gasteiger partial charge is 0.368 e. The molecule has 1 aliphatic rings. The van der Waals surface area contributed by atoms with Crippen LogP contribution in [0, 0.1) is 11.3 Å². The van der Waals surface area contributed by atoms with Crippen molar-refractivity contribution < 1.29 is 9.59 Å². The lowest BCUT2D eigenvalue weighted by molar-refractivity contribution is -0.119. The van der Waals surface area contributed by atoms with E-state index in [4.69, 9.17) is 0 Å². The van der Waals surface area contributed by atoms with Gasteiger partial charge in [0.25, 0.3) is 0 Å². The topological polar surface area (TPSA) is 73.2 Å². The minimum absolute atomic E-state index is 0.0174. The smallest absolute Gasteiger partial charge is 0.217 e. The van der Waals surface area contributed by atoms with Crippen molar-refractivity contribution >= 4 is 17.4 Å². The Labute approximate surface area is 124 Å². The maximum Gasteiger partial charge on any atom is 0.217 e. The van der Waals surface area contributed by atoms with Crippen molar-refractivity contribution in [2.24, 2.45) is 0 Å². The Bertz CT molecular complexity index is 604. The van der Waals surface area contributed by atoms with Crippen molar-refractivity contribution in [3.63, 3.8) is 0 Å². The van der Waals surface area contributed by atoms with Crippen LogP contribution in [0.1, 0.15) is 42.6 Å². The van der Waals surface area contributed by atoms with E-state index in [1.807, 2.05) is 0 Å². The molecule has 0 aliphatic carbocycles. The van der Waals surface area contributed by atoms with E-state index in [0.717, 1.165) is 25.1 Å². The molecule has 21 heavy (non-hydrogen) atoms. The minimum atomic E-state index is -0.0418. The van der Waals surface area contributed by atoms with Gasteiger partial charge < -0.3 is 10.2 Å². The average molecular weight is 285 g/mol. The molecule has 1 fully saturated rings. The Morgan fingerprint density at radius 3 is 2.76 bits per heavy atom. The molecule has 1 unspecified atom stereocenters. The lowest BCUT2D eigenvalue weighted by Gasteiger charge is -2.35. The van der Waals surface area contributed by atoms with Crippen LogP contribution in [-0.2, 0) is 4.79 Å². The Hall–Kier alpha value is -2.35. The fourth-order valence-electron chi connectivity index (χ4n) is 2.71. The number of benzene rings is 1. The molecule has 0 saturated carbocycles. The molecular weight excluding hydrogens is 266 g/mol. The van der Waals surface area contributed by atoms with E-state index < -0.39 is 0 Å². The molecule has 1 heterocycles. The third-order valence-electron chi connectivity index (χ3n) is 3.69. The quantitative estimate of drug-likeness (QED) is 0.860. The Kier molecular flexibility index (Phi) is 4.59. The number of nitriles is 1. The predicted molar refractivity (Wildman–Crippen MR) is 80.2 cm³/mol. The zero-order valence-electron chi connectivity index (χ0n) is 12.3. The third kappa shape index (κ3) is 3.60. The standard InChI is InChI=1S/C16H19N3O2/c1-11(20)13-5-6-14(9-17)16(8-13)19-7-3-4-15(10-19)18-12(2)21/h5-6,8,15H,3-4,7,10H2,1-2H3,(H,18,21). The molecule has 1 aromatic carbocycles. The zero-order valence-corrected chi connectivity index (χ0v) is 12.3. The van der Waals surface area contributed by atoms with E-state index in [1.54, 1.807) is 18.2 Å². The van der Waals surface area contributed by atoms with Crippen LogP contribution in [-0.4, -0.2) is 30.8 Å². The number of amides is 1. The second kappa shape index (κ2) is 6.40. The van der Waals surface area contributed by atoms with Crippen molar-refractivity contribution in [2.45, 2.75) is 32.7 Å². The van der Waals surface area contributed by atoms with Gasteiger partial charge in [-0.1, -0.05) is 0 Å². The molecule has 0 bridgehead atoms. The summed E-state index contributed by atoms with van der Waals surface area (Å²) in [5.41, 5.74) is 1.94. The van der Waals surface area contributed by atoms with Crippen molar-refractivity contribution in [1.29, 1.82) is 5.26 Å². The molecule has 0 radical (unpaired) electrons. The SMILES string of the molecule is CC(=O)NC1CCCN(c2cc(C(C)=O)ccc2C#N)C1. The number of Topliss-reactive ketones (excluding diaryl/α,β-unsaturated/α-hetero) is 1. The lowest BCUT2D eigenvalue weighted by atomic mass is 10.0. The van der Waals surface area contributed by atoms with Gasteiger partial charge >= 0.3 is 0 Å². The van der Waals surface area contributed by atoms with Crippen LogP contribution in [0.3, 0.4) is 0 Å². The number of hydrogen-bond donors (Lipinski definition) is 1. The van der Waals surface area contributed by atoms with Gasteiger partial charge in [-0.2, -0.15) is 5.26 Å². The summed E-state index contributed by atoms with van der Waals surface area (Å²) >= 11 is 0. The minimum Gasteiger partial charge on any atom is -0.368 e. The van der Waals surface area contributed by atoms with Crippen LogP contribution in [0.25, 0.3) is 0 Å². The van der Waals surface area contributed by atoms with Crippen molar-refractivity contribution in [2.75, 3.05) is 18.0 Å². The van der Waals surface area contributed by atoms with E-state index in [0.29, 0.717) is 17.7 Å². The summed E-state index contributed by atoms with van der Waals surface area (Å²) in [5, 5.41) is 12.2. The lowest BCUT2D eigenvalue weighted by Crippen LogP contribution is -2.47. The molecule has 5 heteroatoms. The molecule has 1 amide bonds. The Morgan fingerprint density at radius 2 is 2.14 bits per heavy atom. The fraction of sp³-hybridized carbons (Fsp3) is 0.438.